The zero-order valence-electron chi connectivity index (χ0n) is 9.36. The van der Waals surface area contributed by atoms with E-state index in [1.807, 2.05) is 0 Å². The summed E-state index contributed by atoms with van der Waals surface area (Å²) in [4.78, 5) is 18.5. The molecule has 1 heterocycles. The summed E-state index contributed by atoms with van der Waals surface area (Å²) >= 11 is 1.12. The Morgan fingerprint density at radius 2 is 2.19 bits per heavy atom. The van der Waals surface area contributed by atoms with E-state index in [4.69, 9.17) is 4.74 Å². The lowest BCUT2D eigenvalue weighted by atomic mass is 10.2. The number of carbonyl (C=O) groups is 1. The fourth-order valence-corrected chi connectivity index (χ4v) is 1.53. The van der Waals surface area contributed by atoms with E-state index in [9.17, 15) is 9.18 Å². The Labute approximate surface area is 97.6 Å². The van der Waals surface area contributed by atoms with Crippen molar-refractivity contribution in [2.75, 3.05) is 5.75 Å². The molecule has 1 aromatic heterocycles. The zero-order valence-corrected chi connectivity index (χ0v) is 10.2. The predicted octanol–water partition coefficient (Wildman–Crippen LogP) is 2.05. The van der Waals surface area contributed by atoms with Gasteiger partial charge in [-0.3, -0.25) is 4.79 Å². The van der Waals surface area contributed by atoms with Crippen LogP contribution in [-0.2, 0) is 9.53 Å². The fraction of sp³-hybridized carbons (Fsp3) is 0.500. The molecule has 88 valence electrons. The van der Waals surface area contributed by atoms with E-state index in [-0.39, 0.29) is 11.7 Å². The molecule has 0 aliphatic carbocycles. The number of nitrogens with zero attached hydrogens (tertiary/aromatic N) is 2. The van der Waals surface area contributed by atoms with Crippen molar-refractivity contribution in [3.8, 4) is 0 Å². The van der Waals surface area contributed by atoms with Crippen LogP contribution in [0.1, 0.15) is 20.8 Å². The average Bonchev–Trinajstić information content (AvgIpc) is 2.12. The average molecular weight is 244 g/mol. The Kier molecular flexibility index (Phi) is 4.23. The number of aromatic nitrogens is 2. The number of esters is 1. The number of hydrogen-bond donors (Lipinski definition) is 0. The van der Waals surface area contributed by atoms with Gasteiger partial charge in [-0.05, 0) is 20.8 Å². The van der Waals surface area contributed by atoms with Crippen molar-refractivity contribution >= 4 is 17.7 Å². The summed E-state index contributed by atoms with van der Waals surface area (Å²) in [7, 11) is 0. The van der Waals surface area contributed by atoms with Crippen LogP contribution in [0.2, 0.25) is 0 Å². The molecule has 0 bridgehead atoms. The van der Waals surface area contributed by atoms with E-state index in [1.54, 1.807) is 20.8 Å². The molecule has 0 aliphatic rings. The van der Waals surface area contributed by atoms with E-state index in [0.717, 1.165) is 18.1 Å². The molecule has 1 aromatic rings. The molecule has 0 radical (unpaired) electrons. The van der Waals surface area contributed by atoms with Gasteiger partial charge < -0.3 is 4.74 Å². The van der Waals surface area contributed by atoms with Gasteiger partial charge in [0.1, 0.15) is 17.0 Å². The number of hydrogen-bond acceptors (Lipinski definition) is 5. The molecule has 0 spiro atoms. The lowest BCUT2D eigenvalue weighted by Crippen LogP contribution is -2.24. The fourth-order valence-electron chi connectivity index (χ4n) is 0.900. The topological polar surface area (TPSA) is 52.1 Å². The van der Waals surface area contributed by atoms with Gasteiger partial charge in [0, 0.05) is 6.07 Å². The molecule has 0 amide bonds. The first kappa shape index (κ1) is 12.9. The number of thioether (sulfide) groups is 1. The molecule has 0 N–H and O–H groups in total. The summed E-state index contributed by atoms with van der Waals surface area (Å²) in [6, 6.07) is 1.18. The molecule has 0 fully saturated rings. The molecule has 1 rings (SSSR count). The molecule has 0 saturated heterocycles. The van der Waals surface area contributed by atoms with E-state index in [0.29, 0.717) is 5.03 Å². The second-order valence-electron chi connectivity index (χ2n) is 4.05. The Hall–Kier alpha value is -1.17. The molecule has 0 aromatic carbocycles. The van der Waals surface area contributed by atoms with Gasteiger partial charge in [-0.2, -0.15) is 4.39 Å². The Balaban J connectivity index is 2.43. The molecule has 4 nitrogen and oxygen atoms in total. The first-order valence-electron chi connectivity index (χ1n) is 4.69. The molecular formula is C10H13FN2O2S. The third kappa shape index (κ3) is 5.06. The second kappa shape index (κ2) is 5.25. The standard InChI is InChI=1S/C10H13FN2O2S/c1-10(2,3)15-9(14)5-16-8-4-7(11)12-6-13-8/h4,6H,5H2,1-3H3. The highest BCUT2D eigenvalue weighted by molar-refractivity contribution is 7.99. The number of ether oxygens (including phenoxy) is 1. The molecule has 0 unspecified atom stereocenters. The van der Waals surface area contributed by atoms with Crippen LogP contribution in [0.15, 0.2) is 17.4 Å². The van der Waals surface area contributed by atoms with E-state index in [1.165, 1.54) is 6.07 Å². The van der Waals surface area contributed by atoms with Gasteiger partial charge in [-0.15, -0.1) is 0 Å². The molecule has 6 heteroatoms. The largest absolute Gasteiger partial charge is 0.459 e. The van der Waals surface area contributed by atoms with E-state index < -0.39 is 11.5 Å². The Morgan fingerprint density at radius 3 is 2.75 bits per heavy atom. The lowest BCUT2D eigenvalue weighted by molar-refractivity contribution is -0.151. The van der Waals surface area contributed by atoms with Crippen molar-refractivity contribution in [3.05, 3.63) is 18.3 Å². The van der Waals surface area contributed by atoms with Crippen molar-refractivity contribution in [2.24, 2.45) is 0 Å². The van der Waals surface area contributed by atoms with E-state index >= 15 is 0 Å². The van der Waals surface area contributed by atoms with Crippen molar-refractivity contribution < 1.29 is 13.9 Å². The van der Waals surface area contributed by atoms with Crippen LogP contribution in [0.4, 0.5) is 4.39 Å². The maximum atomic E-state index is 12.7. The number of halogens is 1. The number of rotatable bonds is 3. The quantitative estimate of drug-likeness (QED) is 0.462. The van der Waals surface area contributed by atoms with Crippen molar-refractivity contribution in [1.29, 1.82) is 0 Å². The van der Waals surface area contributed by atoms with Gasteiger partial charge in [-0.25, -0.2) is 9.97 Å². The highest BCUT2D eigenvalue weighted by Gasteiger charge is 2.16. The summed E-state index contributed by atoms with van der Waals surface area (Å²) in [6.07, 6.45) is 1.12. The van der Waals surface area contributed by atoms with Gasteiger partial charge >= 0.3 is 5.97 Å². The van der Waals surface area contributed by atoms with Gasteiger partial charge in [0.25, 0.3) is 0 Å². The Morgan fingerprint density at radius 1 is 1.50 bits per heavy atom. The second-order valence-corrected chi connectivity index (χ2v) is 5.05. The minimum absolute atomic E-state index is 0.105. The van der Waals surface area contributed by atoms with E-state index in [2.05, 4.69) is 9.97 Å². The third-order valence-electron chi connectivity index (χ3n) is 1.37. The van der Waals surface area contributed by atoms with Crippen molar-refractivity contribution in [3.63, 3.8) is 0 Å². The lowest BCUT2D eigenvalue weighted by Gasteiger charge is -2.19. The van der Waals surface area contributed by atoms with Crippen molar-refractivity contribution in [2.45, 2.75) is 31.4 Å². The van der Waals surface area contributed by atoms with Gasteiger partial charge in [-0.1, -0.05) is 11.8 Å². The highest BCUT2D eigenvalue weighted by atomic mass is 32.2. The first-order chi connectivity index (χ1) is 7.37. The third-order valence-corrected chi connectivity index (χ3v) is 2.27. The maximum absolute atomic E-state index is 12.7. The molecule has 0 saturated carbocycles. The summed E-state index contributed by atoms with van der Waals surface area (Å²) in [5.74, 6) is -0.855. The van der Waals surface area contributed by atoms with Crippen LogP contribution in [0, 0.1) is 5.95 Å². The normalized spacial score (nSPS) is 11.2. The van der Waals surface area contributed by atoms with Gasteiger partial charge in [0.15, 0.2) is 0 Å². The zero-order chi connectivity index (χ0) is 12.2. The highest BCUT2D eigenvalue weighted by Crippen LogP contribution is 2.16. The minimum atomic E-state index is -0.610. The minimum Gasteiger partial charge on any atom is -0.459 e. The first-order valence-corrected chi connectivity index (χ1v) is 5.67. The van der Waals surface area contributed by atoms with Crippen LogP contribution >= 0.6 is 11.8 Å². The molecule has 16 heavy (non-hydrogen) atoms. The Bertz CT molecular complexity index is 379. The van der Waals surface area contributed by atoms with Crippen LogP contribution in [0.25, 0.3) is 0 Å². The van der Waals surface area contributed by atoms with Crippen LogP contribution < -0.4 is 0 Å². The van der Waals surface area contributed by atoms with Crippen LogP contribution in [-0.4, -0.2) is 27.3 Å². The molecular weight excluding hydrogens is 231 g/mol. The summed E-state index contributed by atoms with van der Waals surface area (Å²) in [5, 5.41) is 0.415. The molecule has 0 atom stereocenters. The van der Waals surface area contributed by atoms with Crippen molar-refractivity contribution in [1.82, 2.24) is 9.97 Å². The SMILES string of the molecule is CC(C)(C)OC(=O)CSc1cc(F)ncn1. The van der Waals surface area contributed by atoms with Crippen LogP contribution in [0.5, 0.6) is 0 Å². The number of carbonyl (C=O) groups excluding carboxylic acids is 1. The maximum Gasteiger partial charge on any atom is 0.316 e. The summed E-state index contributed by atoms with van der Waals surface area (Å²) in [6.45, 7) is 5.37. The van der Waals surface area contributed by atoms with Gasteiger partial charge in [0.2, 0.25) is 5.95 Å². The van der Waals surface area contributed by atoms with Crippen LogP contribution in [0.3, 0.4) is 0 Å². The summed E-state index contributed by atoms with van der Waals surface area (Å²) in [5.41, 5.74) is -0.505. The smallest absolute Gasteiger partial charge is 0.316 e. The monoisotopic (exact) mass is 244 g/mol. The predicted molar refractivity (Wildman–Crippen MR) is 58.6 cm³/mol. The van der Waals surface area contributed by atoms with Gasteiger partial charge in [0.05, 0.1) is 5.75 Å². The summed E-state index contributed by atoms with van der Waals surface area (Å²) < 4.78 is 17.8. The molecule has 0 aliphatic heterocycles.